The average molecular weight is 428 g/mol. The fourth-order valence-corrected chi connectivity index (χ4v) is 3.58. The molecule has 0 bridgehead atoms. The van der Waals surface area contributed by atoms with E-state index in [1.165, 1.54) is 0 Å². The van der Waals surface area contributed by atoms with Crippen LogP contribution >= 0.6 is 0 Å². The largest absolute Gasteiger partial charge is 0.506 e. The maximum Gasteiger partial charge on any atom is 0.171 e. The van der Waals surface area contributed by atoms with E-state index in [1.807, 2.05) is 63.2 Å². The lowest BCUT2D eigenvalue weighted by Crippen LogP contribution is -2.11. The smallest absolute Gasteiger partial charge is 0.171 e. The van der Waals surface area contributed by atoms with E-state index >= 15 is 0 Å². The van der Waals surface area contributed by atoms with Crippen LogP contribution in [0.1, 0.15) is 16.7 Å². The molecule has 4 aromatic carbocycles. The van der Waals surface area contributed by atoms with E-state index in [0.29, 0.717) is 22.9 Å². The minimum Gasteiger partial charge on any atom is -0.506 e. The highest BCUT2D eigenvalue weighted by Gasteiger charge is 2.20. The van der Waals surface area contributed by atoms with Crippen molar-refractivity contribution in [3.05, 3.63) is 95.6 Å². The molecule has 0 aliphatic heterocycles. The molecule has 0 heterocycles. The SMILES string of the molecule is Cc1ccc(O)c(N(c2ccc(Oc3c(C)cccc3O)cc2)c2cc(C)ccc2O)c1. The fraction of sp³-hybridized carbons (Fsp3) is 0.111. The average Bonchev–Trinajstić information content (AvgIpc) is 2.77. The Balaban J connectivity index is 1.78. The van der Waals surface area contributed by atoms with Gasteiger partial charge in [0, 0.05) is 5.69 Å². The quantitative estimate of drug-likeness (QED) is 0.320. The molecule has 3 N–H and O–H groups in total. The van der Waals surface area contributed by atoms with Crippen LogP contribution < -0.4 is 9.64 Å². The lowest BCUT2D eigenvalue weighted by molar-refractivity contribution is 0.409. The molecule has 5 nitrogen and oxygen atoms in total. The second kappa shape index (κ2) is 8.55. The number of aryl methyl sites for hydroxylation is 3. The Morgan fingerprint density at radius 2 is 1.19 bits per heavy atom. The first-order valence-electron chi connectivity index (χ1n) is 10.3. The van der Waals surface area contributed by atoms with Crippen LogP contribution in [0.15, 0.2) is 78.9 Å². The van der Waals surface area contributed by atoms with E-state index in [-0.39, 0.29) is 17.2 Å². The van der Waals surface area contributed by atoms with Gasteiger partial charge in [0.1, 0.15) is 17.2 Å². The number of hydrogen-bond donors (Lipinski definition) is 3. The summed E-state index contributed by atoms with van der Waals surface area (Å²) in [4.78, 5) is 1.81. The third-order valence-electron chi connectivity index (χ3n) is 5.25. The summed E-state index contributed by atoms with van der Waals surface area (Å²) in [6.07, 6.45) is 0. The van der Waals surface area contributed by atoms with Gasteiger partial charge in [-0.15, -0.1) is 0 Å². The predicted molar refractivity (Wildman–Crippen MR) is 127 cm³/mol. The van der Waals surface area contributed by atoms with Gasteiger partial charge in [-0.3, -0.25) is 0 Å². The Morgan fingerprint density at radius 1 is 0.625 bits per heavy atom. The number of ether oxygens (including phenoxy) is 1. The fourth-order valence-electron chi connectivity index (χ4n) is 3.58. The number of anilines is 3. The Labute approximate surface area is 187 Å². The third-order valence-corrected chi connectivity index (χ3v) is 5.25. The molecular weight excluding hydrogens is 402 g/mol. The molecule has 162 valence electrons. The summed E-state index contributed by atoms with van der Waals surface area (Å²) in [5.74, 6) is 1.23. The molecule has 0 spiro atoms. The Kier molecular flexibility index (Phi) is 5.65. The van der Waals surface area contributed by atoms with Gasteiger partial charge in [0.2, 0.25) is 0 Å². The predicted octanol–water partition coefficient (Wildman–Crippen LogP) is 6.99. The van der Waals surface area contributed by atoms with E-state index < -0.39 is 0 Å². The topological polar surface area (TPSA) is 73.2 Å². The molecule has 0 aliphatic rings. The van der Waals surface area contributed by atoms with Crippen LogP contribution in [0.25, 0.3) is 0 Å². The monoisotopic (exact) mass is 427 g/mol. The number of phenols is 3. The van der Waals surface area contributed by atoms with Crippen molar-refractivity contribution in [1.29, 1.82) is 0 Å². The van der Waals surface area contributed by atoms with Crippen LogP contribution in [0.3, 0.4) is 0 Å². The van der Waals surface area contributed by atoms with E-state index in [2.05, 4.69) is 0 Å². The minimum atomic E-state index is 0.0741. The maximum atomic E-state index is 10.6. The van der Waals surface area contributed by atoms with Gasteiger partial charge < -0.3 is 25.0 Å². The first-order chi connectivity index (χ1) is 15.3. The van der Waals surface area contributed by atoms with Gasteiger partial charge in [-0.2, -0.15) is 0 Å². The van der Waals surface area contributed by atoms with Crippen molar-refractivity contribution < 1.29 is 20.1 Å². The number of benzene rings is 4. The number of aromatic hydroxyl groups is 3. The standard InChI is InChI=1S/C27H25NO4/c1-17-7-13-24(29)22(15-17)28(23-16-18(2)8-14-25(23)30)20-9-11-21(12-10-20)32-27-19(3)5-4-6-26(27)31/h4-16,29-31H,1-3H3. The van der Waals surface area contributed by atoms with Crippen molar-refractivity contribution in [3.63, 3.8) is 0 Å². The summed E-state index contributed by atoms with van der Waals surface area (Å²) >= 11 is 0. The highest BCUT2D eigenvalue weighted by molar-refractivity contribution is 5.83. The van der Waals surface area contributed by atoms with Gasteiger partial charge in [-0.1, -0.05) is 24.3 Å². The molecule has 5 heteroatoms. The molecule has 0 radical (unpaired) electrons. The summed E-state index contributed by atoms with van der Waals surface area (Å²) in [5, 5.41) is 31.4. The van der Waals surface area contributed by atoms with Gasteiger partial charge >= 0.3 is 0 Å². The summed E-state index contributed by atoms with van der Waals surface area (Å²) in [6.45, 7) is 5.76. The third kappa shape index (κ3) is 4.18. The van der Waals surface area contributed by atoms with Crippen molar-refractivity contribution >= 4 is 17.1 Å². The zero-order chi connectivity index (χ0) is 22.8. The molecule has 4 rings (SSSR count). The summed E-state index contributed by atoms with van der Waals surface area (Å²) < 4.78 is 5.90. The number of rotatable bonds is 5. The Morgan fingerprint density at radius 3 is 1.72 bits per heavy atom. The second-order valence-electron chi connectivity index (χ2n) is 7.84. The number of nitrogens with zero attached hydrogens (tertiary/aromatic N) is 1. The van der Waals surface area contributed by atoms with E-state index in [0.717, 1.165) is 22.4 Å². The van der Waals surface area contributed by atoms with Crippen LogP contribution in [0.2, 0.25) is 0 Å². The molecule has 32 heavy (non-hydrogen) atoms. The zero-order valence-electron chi connectivity index (χ0n) is 18.2. The van der Waals surface area contributed by atoms with Crippen molar-refractivity contribution in [1.82, 2.24) is 0 Å². The molecule has 4 aromatic rings. The normalized spacial score (nSPS) is 10.7. The molecular formula is C27H25NO4. The minimum absolute atomic E-state index is 0.0741. The van der Waals surface area contributed by atoms with Crippen LogP contribution in [0, 0.1) is 20.8 Å². The second-order valence-corrected chi connectivity index (χ2v) is 7.84. The van der Waals surface area contributed by atoms with Gasteiger partial charge in [-0.05, 0) is 92.1 Å². The number of phenolic OH excluding ortho intramolecular Hbond substituents is 3. The van der Waals surface area contributed by atoms with Gasteiger partial charge in [0.05, 0.1) is 11.4 Å². The van der Waals surface area contributed by atoms with Crippen LogP contribution in [0.4, 0.5) is 17.1 Å². The molecule has 0 amide bonds. The molecule has 0 unspecified atom stereocenters. The maximum absolute atomic E-state index is 10.6. The summed E-state index contributed by atoms with van der Waals surface area (Å²) in [6, 6.07) is 23.2. The summed E-state index contributed by atoms with van der Waals surface area (Å²) in [7, 11) is 0. The van der Waals surface area contributed by atoms with Gasteiger partial charge in [-0.25, -0.2) is 0 Å². The highest BCUT2D eigenvalue weighted by atomic mass is 16.5. The first kappa shape index (κ1) is 21.1. The Bertz CT molecular complexity index is 1190. The Hall–Kier alpha value is -4.12. The van der Waals surface area contributed by atoms with Crippen molar-refractivity contribution in [3.8, 4) is 28.7 Å². The zero-order valence-corrected chi connectivity index (χ0v) is 18.2. The summed E-state index contributed by atoms with van der Waals surface area (Å²) in [5.41, 5.74) is 4.61. The van der Waals surface area contributed by atoms with Crippen molar-refractivity contribution in [2.24, 2.45) is 0 Å². The molecule has 0 atom stereocenters. The molecule has 0 fully saturated rings. The van der Waals surface area contributed by atoms with Crippen molar-refractivity contribution in [2.45, 2.75) is 20.8 Å². The first-order valence-corrected chi connectivity index (χ1v) is 10.3. The molecule has 0 saturated heterocycles. The molecule has 0 saturated carbocycles. The van der Waals surface area contributed by atoms with Crippen LogP contribution in [0.5, 0.6) is 28.7 Å². The lowest BCUT2D eigenvalue weighted by Gasteiger charge is -2.27. The van der Waals surface area contributed by atoms with Crippen molar-refractivity contribution in [2.75, 3.05) is 4.90 Å². The van der Waals surface area contributed by atoms with E-state index in [9.17, 15) is 15.3 Å². The molecule has 0 aliphatic carbocycles. The lowest BCUT2D eigenvalue weighted by atomic mass is 10.1. The highest BCUT2D eigenvalue weighted by Crippen LogP contribution is 2.44. The van der Waals surface area contributed by atoms with Gasteiger partial charge in [0.25, 0.3) is 0 Å². The van der Waals surface area contributed by atoms with Crippen LogP contribution in [-0.2, 0) is 0 Å². The van der Waals surface area contributed by atoms with E-state index in [4.69, 9.17) is 4.74 Å². The van der Waals surface area contributed by atoms with Crippen LogP contribution in [-0.4, -0.2) is 15.3 Å². The number of hydrogen-bond acceptors (Lipinski definition) is 5. The van der Waals surface area contributed by atoms with E-state index in [1.54, 1.807) is 41.3 Å². The molecule has 0 aromatic heterocycles. The number of para-hydroxylation sites is 1. The van der Waals surface area contributed by atoms with Gasteiger partial charge in [0.15, 0.2) is 11.5 Å².